The number of nitrogens with one attached hydrogen (secondary N) is 1. The van der Waals surface area contributed by atoms with Crippen LogP contribution in [0.15, 0.2) is 0 Å². The Kier molecular flexibility index (Phi) is 5.83. The smallest absolute Gasteiger partial charge is 0.226 e. The number of hydrogen-bond donors (Lipinski definition) is 1. The van der Waals surface area contributed by atoms with Crippen LogP contribution in [0.1, 0.15) is 63.2 Å². The summed E-state index contributed by atoms with van der Waals surface area (Å²) in [6, 6.07) is 0. The molecule has 0 aromatic carbocycles. The molecule has 1 aromatic heterocycles. The van der Waals surface area contributed by atoms with Gasteiger partial charge in [0.15, 0.2) is 0 Å². The van der Waals surface area contributed by atoms with Crippen molar-refractivity contribution in [3.63, 3.8) is 0 Å². The van der Waals surface area contributed by atoms with E-state index in [0.29, 0.717) is 5.91 Å². The number of carbonyl (C=O) groups is 1. The third-order valence-electron chi connectivity index (χ3n) is 4.39. The van der Waals surface area contributed by atoms with Crippen molar-refractivity contribution in [3.8, 4) is 0 Å². The maximum atomic E-state index is 12.8. The molecule has 1 aromatic rings. The first-order valence-corrected chi connectivity index (χ1v) is 8.48. The molecule has 0 radical (unpaired) electrons. The fourth-order valence-electron chi connectivity index (χ4n) is 3.12. The summed E-state index contributed by atoms with van der Waals surface area (Å²) < 4.78 is 0. The highest BCUT2D eigenvalue weighted by Crippen LogP contribution is 2.25. The number of unbranched alkanes of at least 4 members (excludes halogenated alkanes) is 2. The number of aromatic amines is 1. The van der Waals surface area contributed by atoms with Gasteiger partial charge < -0.3 is 9.88 Å². The number of carbonyl (C=O) groups excluding carboxylic acids is 1. The Hall–Kier alpha value is -1.32. The van der Waals surface area contributed by atoms with Gasteiger partial charge >= 0.3 is 0 Å². The third-order valence-corrected chi connectivity index (χ3v) is 4.39. The van der Waals surface area contributed by atoms with Crippen LogP contribution in [-0.4, -0.2) is 33.9 Å². The standard InChI is InChI=1S/C17H29N3O/c1-4-6-10-20(11-7-5-2)17(21)14-8-9-15-16(12-14)19-13(3)18-15/h14H,4-12H2,1-3H3,(H,18,19). The molecular formula is C17H29N3O. The van der Waals surface area contributed by atoms with Crippen molar-refractivity contribution in [2.24, 2.45) is 5.92 Å². The Morgan fingerprint density at radius 1 is 1.29 bits per heavy atom. The molecule has 0 saturated carbocycles. The zero-order valence-electron chi connectivity index (χ0n) is 13.7. The number of nitrogens with zero attached hydrogens (tertiary/aromatic N) is 2. The minimum absolute atomic E-state index is 0.145. The first-order chi connectivity index (χ1) is 10.2. The van der Waals surface area contributed by atoms with Crippen molar-refractivity contribution in [1.82, 2.24) is 14.9 Å². The number of rotatable bonds is 7. The van der Waals surface area contributed by atoms with E-state index in [1.54, 1.807) is 0 Å². The topological polar surface area (TPSA) is 49.0 Å². The van der Waals surface area contributed by atoms with Gasteiger partial charge in [0, 0.05) is 31.1 Å². The van der Waals surface area contributed by atoms with Crippen molar-refractivity contribution in [2.45, 2.75) is 65.7 Å². The highest BCUT2D eigenvalue weighted by molar-refractivity contribution is 5.79. The Balaban J connectivity index is 1.99. The molecule has 0 aliphatic heterocycles. The van der Waals surface area contributed by atoms with E-state index < -0.39 is 0 Å². The van der Waals surface area contributed by atoms with Crippen LogP contribution < -0.4 is 0 Å². The number of aromatic nitrogens is 2. The average molecular weight is 291 g/mol. The third kappa shape index (κ3) is 4.08. The molecule has 4 nitrogen and oxygen atoms in total. The first kappa shape index (κ1) is 16.1. The van der Waals surface area contributed by atoms with Gasteiger partial charge in [-0.3, -0.25) is 4.79 Å². The number of H-pyrrole nitrogens is 1. The maximum absolute atomic E-state index is 12.8. The molecule has 0 fully saturated rings. The van der Waals surface area contributed by atoms with Crippen LogP contribution in [0.4, 0.5) is 0 Å². The summed E-state index contributed by atoms with van der Waals surface area (Å²) in [5, 5.41) is 0. The molecule has 1 atom stereocenters. The molecule has 118 valence electrons. The summed E-state index contributed by atoms with van der Waals surface area (Å²) in [5.41, 5.74) is 2.35. The SMILES string of the molecule is CCCCN(CCCC)C(=O)C1CCc2nc(C)[nH]c2C1. The van der Waals surface area contributed by atoms with E-state index in [4.69, 9.17) is 0 Å². The largest absolute Gasteiger partial charge is 0.346 e. The molecule has 1 N–H and O–H groups in total. The van der Waals surface area contributed by atoms with Crippen LogP contribution in [-0.2, 0) is 17.6 Å². The summed E-state index contributed by atoms with van der Waals surface area (Å²) in [6.45, 7) is 8.19. The van der Waals surface area contributed by atoms with Gasteiger partial charge in [-0.05, 0) is 32.6 Å². The highest BCUT2D eigenvalue weighted by atomic mass is 16.2. The maximum Gasteiger partial charge on any atom is 0.226 e. The summed E-state index contributed by atoms with van der Waals surface area (Å²) in [7, 11) is 0. The Bertz CT molecular complexity index is 459. The molecule has 21 heavy (non-hydrogen) atoms. The molecular weight excluding hydrogens is 262 g/mol. The number of fused-ring (bicyclic) bond motifs is 1. The number of amides is 1. The van der Waals surface area contributed by atoms with Gasteiger partial charge in [-0.1, -0.05) is 26.7 Å². The van der Waals surface area contributed by atoms with Gasteiger partial charge in [0.1, 0.15) is 5.82 Å². The number of imidazole rings is 1. The van der Waals surface area contributed by atoms with Crippen molar-refractivity contribution in [3.05, 3.63) is 17.2 Å². The predicted octanol–water partition coefficient (Wildman–Crippen LogP) is 3.25. The van der Waals surface area contributed by atoms with E-state index in [1.807, 2.05) is 6.92 Å². The summed E-state index contributed by atoms with van der Waals surface area (Å²) in [5.74, 6) is 1.47. The normalized spacial score (nSPS) is 17.6. The van der Waals surface area contributed by atoms with Gasteiger partial charge in [-0.15, -0.1) is 0 Å². The van der Waals surface area contributed by atoms with Crippen molar-refractivity contribution in [1.29, 1.82) is 0 Å². The van der Waals surface area contributed by atoms with Crippen LogP contribution in [0.25, 0.3) is 0 Å². The molecule has 0 bridgehead atoms. The van der Waals surface area contributed by atoms with Gasteiger partial charge in [-0.2, -0.15) is 0 Å². The average Bonchev–Trinajstić information content (AvgIpc) is 2.85. The molecule has 0 saturated heterocycles. The van der Waals surface area contributed by atoms with Crippen molar-refractivity contribution in [2.75, 3.05) is 13.1 Å². The molecule has 2 rings (SSSR count). The molecule has 1 unspecified atom stereocenters. The lowest BCUT2D eigenvalue weighted by Crippen LogP contribution is -2.39. The second-order valence-corrected chi connectivity index (χ2v) is 6.22. The zero-order chi connectivity index (χ0) is 15.2. The monoisotopic (exact) mass is 291 g/mol. The van der Waals surface area contributed by atoms with E-state index in [9.17, 15) is 4.79 Å². The van der Waals surface area contributed by atoms with Gasteiger partial charge in [0.05, 0.1) is 5.69 Å². The Morgan fingerprint density at radius 2 is 1.95 bits per heavy atom. The second kappa shape index (κ2) is 7.62. The first-order valence-electron chi connectivity index (χ1n) is 8.48. The molecule has 1 aliphatic carbocycles. The minimum atomic E-state index is 0.145. The van der Waals surface area contributed by atoms with E-state index in [0.717, 1.165) is 63.9 Å². The number of hydrogen-bond acceptors (Lipinski definition) is 2. The Labute approximate surface area is 128 Å². The molecule has 1 aliphatic rings. The van der Waals surface area contributed by atoms with E-state index >= 15 is 0 Å². The van der Waals surface area contributed by atoms with E-state index in [2.05, 4.69) is 28.7 Å². The molecule has 1 heterocycles. The van der Waals surface area contributed by atoms with Crippen LogP contribution in [0, 0.1) is 12.8 Å². The van der Waals surface area contributed by atoms with Crippen molar-refractivity contribution < 1.29 is 4.79 Å². The summed E-state index contributed by atoms with van der Waals surface area (Å²) in [4.78, 5) is 22.8. The van der Waals surface area contributed by atoms with Crippen LogP contribution >= 0.6 is 0 Å². The van der Waals surface area contributed by atoms with Crippen LogP contribution in [0.2, 0.25) is 0 Å². The lowest BCUT2D eigenvalue weighted by atomic mass is 9.88. The fraction of sp³-hybridized carbons (Fsp3) is 0.765. The van der Waals surface area contributed by atoms with E-state index in [-0.39, 0.29) is 5.92 Å². The fourth-order valence-corrected chi connectivity index (χ4v) is 3.12. The summed E-state index contributed by atoms with van der Waals surface area (Å²) in [6.07, 6.45) is 7.22. The predicted molar refractivity (Wildman–Crippen MR) is 85.2 cm³/mol. The Morgan fingerprint density at radius 3 is 2.57 bits per heavy atom. The number of aryl methyl sites for hydroxylation is 2. The minimum Gasteiger partial charge on any atom is -0.346 e. The van der Waals surface area contributed by atoms with Gasteiger partial charge in [-0.25, -0.2) is 4.98 Å². The lowest BCUT2D eigenvalue weighted by molar-refractivity contribution is -0.136. The van der Waals surface area contributed by atoms with Gasteiger partial charge in [0.25, 0.3) is 0 Å². The second-order valence-electron chi connectivity index (χ2n) is 6.22. The van der Waals surface area contributed by atoms with Crippen LogP contribution in [0.5, 0.6) is 0 Å². The van der Waals surface area contributed by atoms with Crippen LogP contribution in [0.3, 0.4) is 0 Å². The molecule has 0 spiro atoms. The molecule has 4 heteroatoms. The van der Waals surface area contributed by atoms with E-state index in [1.165, 1.54) is 11.4 Å². The summed E-state index contributed by atoms with van der Waals surface area (Å²) >= 11 is 0. The lowest BCUT2D eigenvalue weighted by Gasteiger charge is -2.29. The highest BCUT2D eigenvalue weighted by Gasteiger charge is 2.29. The molecule has 1 amide bonds. The van der Waals surface area contributed by atoms with Crippen molar-refractivity contribution >= 4 is 5.91 Å². The van der Waals surface area contributed by atoms with Gasteiger partial charge in [0.2, 0.25) is 5.91 Å². The zero-order valence-corrected chi connectivity index (χ0v) is 13.7. The quantitative estimate of drug-likeness (QED) is 0.838.